The molecule has 2 rings (SSSR count). The fourth-order valence-electron chi connectivity index (χ4n) is 2.60. The molecule has 1 amide bonds. The van der Waals surface area contributed by atoms with Crippen LogP contribution < -0.4 is 4.87 Å². The predicted molar refractivity (Wildman–Crippen MR) is 74.9 cm³/mol. The van der Waals surface area contributed by atoms with Crippen LogP contribution in [0.25, 0.3) is 0 Å². The van der Waals surface area contributed by atoms with Crippen LogP contribution >= 0.6 is 11.3 Å². The monoisotopic (exact) mass is 298 g/mol. The lowest BCUT2D eigenvalue weighted by Gasteiger charge is -2.27. The van der Waals surface area contributed by atoms with Crippen LogP contribution in [0.15, 0.2) is 10.2 Å². The predicted octanol–water partition coefficient (Wildman–Crippen LogP) is 1.07. The molecule has 20 heavy (non-hydrogen) atoms. The maximum absolute atomic E-state index is 12.3. The van der Waals surface area contributed by atoms with Gasteiger partial charge in [0.05, 0.1) is 0 Å². The van der Waals surface area contributed by atoms with Gasteiger partial charge >= 0.3 is 10.8 Å². The lowest BCUT2D eigenvalue weighted by atomic mass is 10.2. The molecule has 1 aromatic rings. The average molecular weight is 298 g/mol. The van der Waals surface area contributed by atoms with Gasteiger partial charge in [-0.2, -0.15) is 0 Å². The van der Waals surface area contributed by atoms with Crippen LogP contribution in [0.3, 0.4) is 0 Å². The molecule has 0 aromatic carbocycles. The van der Waals surface area contributed by atoms with E-state index in [0.29, 0.717) is 0 Å². The summed E-state index contributed by atoms with van der Waals surface area (Å²) in [6, 6.07) is -0.00626. The van der Waals surface area contributed by atoms with E-state index in [-0.39, 0.29) is 29.9 Å². The highest BCUT2D eigenvalue weighted by Crippen LogP contribution is 2.23. The van der Waals surface area contributed by atoms with Gasteiger partial charge in [-0.15, -0.1) is 0 Å². The minimum Gasteiger partial charge on any atom is -0.480 e. The highest BCUT2D eigenvalue weighted by molar-refractivity contribution is 7.07. The van der Waals surface area contributed by atoms with Crippen molar-refractivity contribution in [2.24, 2.45) is 0 Å². The minimum atomic E-state index is -1.01. The number of carbonyl (C=O) groups is 2. The fourth-order valence-corrected chi connectivity index (χ4v) is 3.34. The maximum Gasteiger partial charge on any atom is 0.323 e. The summed E-state index contributed by atoms with van der Waals surface area (Å²) in [5.74, 6) is -1.30. The van der Waals surface area contributed by atoms with E-state index in [2.05, 4.69) is 0 Å². The summed E-state index contributed by atoms with van der Waals surface area (Å²) >= 11 is 1.05. The van der Waals surface area contributed by atoms with Gasteiger partial charge in [0.1, 0.15) is 13.1 Å². The number of rotatable bonds is 5. The van der Waals surface area contributed by atoms with Gasteiger partial charge in [0.25, 0.3) is 0 Å². The number of nitrogens with zero attached hydrogens (tertiary/aromatic N) is 2. The number of hydrogen-bond donors (Lipinski definition) is 1. The Labute approximate surface area is 120 Å². The smallest absolute Gasteiger partial charge is 0.323 e. The first-order chi connectivity index (χ1) is 9.49. The van der Waals surface area contributed by atoms with Crippen molar-refractivity contribution in [3.63, 3.8) is 0 Å². The molecular weight excluding hydrogens is 280 g/mol. The molecule has 6 nitrogen and oxygen atoms in total. The molecule has 0 bridgehead atoms. The van der Waals surface area contributed by atoms with Crippen molar-refractivity contribution in [2.45, 2.75) is 45.2 Å². The van der Waals surface area contributed by atoms with E-state index in [9.17, 15) is 14.4 Å². The van der Waals surface area contributed by atoms with E-state index in [0.717, 1.165) is 42.7 Å². The largest absolute Gasteiger partial charge is 0.480 e. The van der Waals surface area contributed by atoms with Gasteiger partial charge in [-0.05, 0) is 19.8 Å². The van der Waals surface area contributed by atoms with E-state index >= 15 is 0 Å². The van der Waals surface area contributed by atoms with Crippen molar-refractivity contribution in [1.82, 2.24) is 9.47 Å². The second-order valence-electron chi connectivity index (χ2n) is 5.08. The number of hydrogen-bond acceptors (Lipinski definition) is 4. The number of thiazole rings is 1. The van der Waals surface area contributed by atoms with Crippen LogP contribution in [0.1, 0.15) is 31.4 Å². The summed E-state index contributed by atoms with van der Waals surface area (Å²) in [6.45, 7) is 1.40. The fraction of sp³-hybridized carbons (Fsp3) is 0.615. The standard InChI is InChI=1S/C13H18N2O4S/c1-9-8-20-13(19)14(9)6-11(16)15(7-12(17)18)10-4-2-3-5-10/h8,10H,2-7H2,1H3,(H,17,18). The SMILES string of the molecule is Cc1csc(=O)n1CC(=O)N(CC(=O)O)C1CCCC1. The summed E-state index contributed by atoms with van der Waals surface area (Å²) in [5, 5.41) is 10.7. The number of carboxylic acids is 1. The zero-order valence-corrected chi connectivity index (χ0v) is 12.2. The molecule has 0 saturated heterocycles. The number of aromatic nitrogens is 1. The molecule has 7 heteroatoms. The molecule has 1 saturated carbocycles. The first-order valence-corrected chi connectivity index (χ1v) is 7.53. The Morgan fingerprint density at radius 3 is 2.60 bits per heavy atom. The first-order valence-electron chi connectivity index (χ1n) is 6.65. The van der Waals surface area contributed by atoms with Crippen molar-refractivity contribution in [2.75, 3.05) is 6.54 Å². The number of carboxylic acid groups (broad SMARTS) is 1. The van der Waals surface area contributed by atoms with E-state index in [4.69, 9.17) is 5.11 Å². The summed E-state index contributed by atoms with van der Waals surface area (Å²) in [4.78, 5) is 36.2. The Balaban J connectivity index is 2.13. The van der Waals surface area contributed by atoms with Gasteiger partial charge in [-0.1, -0.05) is 24.2 Å². The summed E-state index contributed by atoms with van der Waals surface area (Å²) in [7, 11) is 0. The van der Waals surface area contributed by atoms with Gasteiger partial charge < -0.3 is 10.0 Å². The normalized spacial score (nSPS) is 15.4. The molecular formula is C13H18N2O4S. The quantitative estimate of drug-likeness (QED) is 0.882. The molecule has 0 spiro atoms. The van der Waals surface area contributed by atoms with E-state index < -0.39 is 5.97 Å². The van der Waals surface area contributed by atoms with Crippen molar-refractivity contribution in [3.8, 4) is 0 Å². The van der Waals surface area contributed by atoms with Crippen molar-refractivity contribution in [1.29, 1.82) is 0 Å². The van der Waals surface area contributed by atoms with Crippen LogP contribution in [0.5, 0.6) is 0 Å². The number of aryl methyl sites for hydroxylation is 1. The molecule has 1 aromatic heterocycles. The molecule has 1 N–H and O–H groups in total. The minimum absolute atomic E-state index is 0.00626. The number of amides is 1. The van der Waals surface area contributed by atoms with E-state index in [1.807, 2.05) is 0 Å². The third kappa shape index (κ3) is 3.27. The molecule has 1 aliphatic rings. The Kier molecular flexibility index (Phi) is 4.59. The van der Waals surface area contributed by atoms with Crippen molar-refractivity contribution < 1.29 is 14.7 Å². The summed E-state index contributed by atoms with van der Waals surface area (Å²) < 4.78 is 1.40. The van der Waals surface area contributed by atoms with Crippen LogP contribution in [-0.2, 0) is 16.1 Å². The average Bonchev–Trinajstić information content (AvgIpc) is 3.01. The Morgan fingerprint density at radius 1 is 1.45 bits per heavy atom. The zero-order chi connectivity index (χ0) is 14.7. The Bertz CT molecular complexity index is 557. The zero-order valence-electron chi connectivity index (χ0n) is 11.4. The van der Waals surface area contributed by atoms with Gasteiger partial charge in [-0.3, -0.25) is 19.0 Å². The third-order valence-electron chi connectivity index (χ3n) is 3.66. The topological polar surface area (TPSA) is 79.6 Å². The lowest BCUT2D eigenvalue weighted by molar-refractivity contribution is -0.146. The number of carbonyl (C=O) groups excluding carboxylic acids is 1. The molecule has 0 aliphatic heterocycles. The second-order valence-corrected chi connectivity index (χ2v) is 5.90. The van der Waals surface area contributed by atoms with Gasteiger partial charge in [0.15, 0.2) is 0 Å². The van der Waals surface area contributed by atoms with Crippen LogP contribution in [0.2, 0.25) is 0 Å². The molecule has 1 aliphatic carbocycles. The van der Waals surface area contributed by atoms with Gasteiger partial charge in [-0.25, -0.2) is 0 Å². The lowest BCUT2D eigenvalue weighted by Crippen LogP contribution is -2.44. The molecule has 0 atom stereocenters. The molecule has 0 unspecified atom stereocenters. The maximum atomic E-state index is 12.3. The highest BCUT2D eigenvalue weighted by Gasteiger charge is 2.28. The van der Waals surface area contributed by atoms with Crippen LogP contribution in [-0.4, -0.2) is 39.0 Å². The number of aliphatic carboxylic acids is 1. The summed E-state index contributed by atoms with van der Waals surface area (Å²) in [5.41, 5.74) is 0.732. The van der Waals surface area contributed by atoms with Crippen molar-refractivity contribution >= 4 is 23.2 Å². The molecule has 110 valence electrons. The van der Waals surface area contributed by atoms with Gasteiger partial charge in [0.2, 0.25) is 5.91 Å². The van der Waals surface area contributed by atoms with Gasteiger partial charge in [0, 0.05) is 17.1 Å². The summed E-state index contributed by atoms with van der Waals surface area (Å²) in [6.07, 6.45) is 3.73. The van der Waals surface area contributed by atoms with E-state index in [1.54, 1.807) is 12.3 Å². The Morgan fingerprint density at radius 2 is 2.10 bits per heavy atom. The third-order valence-corrected chi connectivity index (χ3v) is 4.54. The second kappa shape index (κ2) is 6.21. The molecule has 1 heterocycles. The highest BCUT2D eigenvalue weighted by atomic mass is 32.1. The Hall–Kier alpha value is -1.63. The van der Waals surface area contributed by atoms with E-state index in [1.165, 1.54) is 9.47 Å². The molecule has 1 fully saturated rings. The molecule has 0 radical (unpaired) electrons. The van der Waals surface area contributed by atoms with Crippen molar-refractivity contribution in [3.05, 3.63) is 20.7 Å². The first kappa shape index (κ1) is 14.8. The van der Waals surface area contributed by atoms with Crippen LogP contribution in [0.4, 0.5) is 0 Å². The van der Waals surface area contributed by atoms with Crippen LogP contribution in [0, 0.1) is 6.92 Å².